The van der Waals surface area contributed by atoms with Crippen LogP contribution in [0.4, 0.5) is 0 Å². The van der Waals surface area contributed by atoms with E-state index in [2.05, 4.69) is 6.58 Å². The molecule has 0 heterocycles. The van der Waals surface area contributed by atoms with Gasteiger partial charge in [0, 0.05) is 11.4 Å². The predicted molar refractivity (Wildman–Crippen MR) is 67.7 cm³/mol. The van der Waals surface area contributed by atoms with E-state index in [1.807, 2.05) is 19.1 Å². The molecule has 3 heteroatoms. The Morgan fingerprint density at radius 3 is 2.50 bits per heavy atom. The first-order valence-electron chi connectivity index (χ1n) is 5.09. The Morgan fingerprint density at radius 1 is 1.38 bits per heavy atom. The summed E-state index contributed by atoms with van der Waals surface area (Å²) in [6.45, 7) is 5.79. The second-order valence-electron chi connectivity index (χ2n) is 3.50. The summed E-state index contributed by atoms with van der Waals surface area (Å²) in [6.07, 6.45) is 2.60. The normalized spacial score (nSPS) is 10.0. The second-order valence-corrected chi connectivity index (χ2v) is 3.77. The van der Waals surface area contributed by atoms with Gasteiger partial charge in [0.25, 0.3) is 0 Å². The molecule has 1 aromatic carbocycles. The van der Waals surface area contributed by atoms with Gasteiger partial charge in [-0.2, -0.15) is 0 Å². The minimum atomic E-state index is 0.469. The van der Waals surface area contributed by atoms with E-state index in [9.17, 15) is 0 Å². The van der Waals surface area contributed by atoms with Crippen LogP contribution in [0.3, 0.4) is 0 Å². The van der Waals surface area contributed by atoms with Gasteiger partial charge >= 0.3 is 0 Å². The SMILES string of the molecule is C=CCc1c(C)c(CCl)cc(OC)c1OC. The molecule has 0 aliphatic heterocycles. The first-order chi connectivity index (χ1) is 7.69. The fourth-order valence-electron chi connectivity index (χ4n) is 1.75. The van der Waals surface area contributed by atoms with Crippen molar-refractivity contribution in [2.45, 2.75) is 19.2 Å². The van der Waals surface area contributed by atoms with E-state index in [-0.39, 0.29) is 0 Å². The van der Waals surface area contributed by atoms with E-state index in [0.717, 1.165) is 34.6 Å². The molecule has 0 fully saturated rings. The zero-order valence-corrected chi connectivity index (χ0v) is 10.7. The van der Waals surface area contributed by atoms with Crippen molar-refractivity contribution in [3.05, 3.63) is 35.4 Å². The van der Waals surface area contributed by atoms with Crippen LogP contribution in [0.2, 0.25) is 0 Å². The number of hydrogen-bond acceptors (Lipinski definition) is 2. The molecule has 0 N–H and O–H groups in total. The Morgan fingerprint density at radius 2 is 2.06 bits per heavy atom. The van der Waals surface area contributed by atoms with Crippen molar-refractivity contribution >= 4 is 11.6 Å². The van der Waals surface area contributed by atoms with Crippen LogP contribution in [-0.4, -0.2) is 14.2 Å². The van der Waals surface area contributed by atoms with Crippen LogP contribution in [0, 0.1) is 6.92 Å². The molecule has 1 aromatic rings. The average Bonchev–Trinajstić information content (AvgIpc) is 2.31. The Labute approximate surface area is 102 Å². The maximum Gasteiger partial charge on any atom is 0.164 e. The molecular formula is C13H17ClO2. The maximum absolute atomic E-state index is 5.91. The van der Waals surface area contributed by atoms with E-state index < -0.39 is 0 Å². The molecule has 1 rings (SSSR count). The molecule has 0 spiro atoms. The fraction of sp³-hybridized carbons (Fsp3) is 0.385. The van der Waals surface area contributed by atoms with Gasteiger partial charge in [-0.15, -0.1) is 18.2 Å². The lowest BCUT2D eigenvalue weighted by molar-refractivity contribution is 0.351. The summed E-state index contributed by atoms with van der Waals surface area (Å²) >= 11 is 5.91. The molecule has 2 nitrogen and oxygen atoms in total. The molecule has 0 aromatic heterocycles. The van der Waals surface area contributed by atoms with Crippen molar-refractivity contribution in [2.24, 2.45) is 0 Å². The summed E-state index contributed by atoms with van der Waals surface area (Å²) in [5.74, 6) is 1.96. The summed E-state index contributed by atoms with van der Waals surface area (Å²) in [6, 6.07) is 1.92. The molecule has 0 saturated carbocycles. The van der Waals surface area contributed by atoms with Crippen LogP contribution in [0.15, 0.2) is 18.7 Å². The van der Waals surface area contributed by atoms with E-state index in [1.54, 1.807) is 14.2 Å². The van der Waals surface area contributed by atoms with Crippen molar-refractivity contribution in [2.75, 3.05) is 14.2 Å². The Kier molecular flexibility index (Phi) is 4.69. The van der Waals surface area contributed by atoms with Crippen molar-refractivity contribution in [1.29, 1.82) is 0 Å². The molecule has 0 aliphatic carbocycles. The molecule has 0 amide bonds. The van der Waals surface area contributed by atoms with E-state index in [0.29, 0.717) is 5.88 Å². The molecule has 0 unspecified atom stereocenters. The van der Waals surface area contributed by atoms with Crippen LogP contribution < -0.4 is 9.47 Å². The average molecular weight is 241 g/mol. The van der Waals surface area contributed by atoms with E-state index >= 15 is 0 Å². The smallest absolute Gasteiger partial charge is 0.164 e. The lowest BCUT2D eigenvalue weighted by atomic mass is 9.99. The summed E-state index contributed by atoms with van der Waals surface area (Å²) < 4.78 is 10.7. The third kappa shape index (κ3) is 2.33. The summed E-state index contributed by atoms with van der Waals surface area (Å²) in [5.41, 5.74) is 3.30. The predicted octanol–water partition coefficient (Wildman–Crippen LogP) is 3.48. The van der Waals surface area contributed by atoms with Gasteiger partial charge in [-0.25, -0.2) is 0 Å². The number of benzene rings is 1. The largest absolute Gasteiger partial charge is 0.493 e. The van der Waals surface area contributed by atoms with Crippen LogP contribution in [0.25, 0.3) is 0 Å². The zero-order valence-electron chi connectivity index (χ0n) is 9.97. The van der Waals surface area contributed by atoms with Crippen molar-refractivity contribution in [3.63, 3.8) is 0 Å². The van der Waals surface area contributed by atoms with Gasteiger partial charge < -0.3 is 9.47 Å². The topological polar surface area (TPSA) is 18.5 Å². The highest BCUT2D eigenvalue weighted by atomic mass is 35.5. The van der Waals surface area contributed by atoms with Crippen LogP contribution in [0.1, 0.15) is 16.7 Å². The highest BCUT2D eigenvalue weighted by molar-refractivity contribution is 6.17. The van der Waals surface area contributed by atoms with Gasteiger partial charge in [0.2, 0.25) is 0 Å². The minimum absolute atomic E-state index is 0.469. The molecule has 0 radical (unpaired) electrons. The summed E-state index contributed by atoms with van der Waals surface area (Å²) in [4.78, 5) is 0. The number of methoxy groups -OCH3 is 2. The number of halogens is 1. The second kappa shape index (κ2) is 5.80. The van der Waals surface area contributed by atoms with Gasteiger partial charge in [0.1, 0.15) is 0 Å². The van der Waals surface area contributed by atoms with Crippen molar-refractivity contribution in [3.8, 4) is 11.5 Å². The monoisotopic (exact) mass is 240 g/mol. The third-order valence-electron chi connectivity index (χ3n) is 2.65. The first-order valence-corrected chi connectivity index (χ1v) is 5.63. The lowest BCUT2D eigenvalue weighted by Gasteiger charge is -2.17. The van der Waals surface area contributed by atoms with Gasteiger partial charge in [-0.05, 0) is 30.5 Å². The number of rotatable bonds is 5. The van der Waals surface area contributed by atoms with Crippen molar-refractivity contribution < 1.29 is 9.47 Å². The first kappa shape index (κ1) is 12.9. The van der Waals surface area contributed by atoms with Gasteiger partial charge in [0.15, 0.2) is 11.5 Å². The minimum Gasteiger partial charge on any atom is -0.493 e. The number of ether oxygens (including phenoxy) is 2. The van der Waals surface area contributed by atoms with E-state index in [1.165, 1.54) is 0 Å². The molecule has 88 valence electrons. The number of alkyl halides is 1. The Balaban J connectivity index is 3.43. The van der Waals surface area contributed by atoms with Gasteiger partial charge in [-0.1, -0.05) is 6.08 Å². The molecule has 0 atom stereocenters. The van der Waals surface area contributed by atoms with Crippen LogP contribution in [-0.2, 0) is 12.3 Å². The molecular weight excluding hydrogens is 224 g/mol. The third-order valence-corrected chi connectivity index (χ3v) is 2.94. The highest BCUT2D eigenvalue weighted by Crippen LogP contribution is 2.36. The zero-order chi connectivity index (χ0) is 12.1. The van der Waals surface area contributed by atoms with Gasteiger partial charge in [-0.3, -0.25) is 0 Å². The molecule has 0 aliphatic rings. The maximum atomic E-state index is 5.91. The molecule has 0 saturated heterocycles. The Bertz CT molecular complexity index is 386. The summed E-state index contributed by atoms with van der Waals surface area (Å²) in [5, 5.41) is 0. The van der Waals surface area contributed by atoms with Crippen molar-refractivity contribution in [1.82, 2.24) is 0 Å². The van der Waals surface area contributed by atoms with Crippen LogP contribution >= 0.6 is 11.6 Å². The van der Waals surface area contributed by atoms with E-state index in [4.69, 9.17) is 21.1 Å². The van der Waals surface area contributed by atoms with Crippen LogP contribution in [0.5, 0.6) is 11.5 Å². The lowest BCUT2D eigenvalue weighted by Crippen LogP contribution is -2.01. The highest BCUT2D eigenvalue weighted by Gasteiger charge is 2.15. The number of allylic oxidation sites excluding steroid dienone is 1. The number of hydrogen-bond donors (Lipinski definition) is 0. The summed E-state index contributed by atoms with van der Waals surface area (Å²) in [7, 11) is 3.27. The quantitative estimate of drug-likeness (QED) is 0.580. The fourth-order valence-corrected chi connectivity index (χ4v) is 2.03. The standard InChI is InChI=1S/C13H17ClO2/c1-5-6-11-9(2)10(8-14)7-12(15-3)13(11)16-4/h5,7H,1,6,8H2,2-4H3. The molecule has 16 heavy (non-hydrogen) atoms. The molecule has 0 bridgehead atoms. The Hall–Kier alpha value is -1.15. The van der Waals surface area contributed by atoms with Gasteiger partial charge in [0.05, 0.1) is 14.2 Å².